The highest BCUT2D eigenvalue weighted by Crippen LogP contribution is 2.18. The third kappa shape index (κ3) is 4.55. The molecule has 1 amide bonds. The molecule has 1 heterocycles. The van der Waals surface area contributed by atoms with Gasteiger partial charge in [0, 0.05) is 17.3 Å². The largest absolute Gasteiger partial charge is 0.324 e. The molecule has 4 aromatic rings. The number of nitrogens with one attached hydrogen (secondary N) is 1. The van der Waals surface area contributed by atoms with Gasteiger partial charge in [0.05, 0.1) is 18.7 Å². The summed E-state index contributed by atoms with van der Waals surface area (Å²) in [4.78, 5) is 24.7. The van der Waals surface area contributed by atoms with Gasteiger partial charge in [-0.25, -0.2) is 0 Å². The minimum absolute atomic E-state index is 0.136. The van der Waals surface area contributed by atoms with Gasteiger partial charge in [0.25, 0.3) is 5.56 Å². The standard InChI is InChI=1S/C24H19ClN2O2/c25-22-8-4-3-7-20(22)15-27-16-21(11-12-24(27)29)26-23(28)14-17-9-10-18-5-1-2-6-19(18)13-17/h1-13,16H,14-15H2,(H,26,28). The van der Waals surface area contributed by atoms with Crippen molar-refractivity contribution in [3.8, 4) is 0 Å². The predicted octanol–water partition coefficient (Wildman–Crippen LogP) is 4.88. The second-order valence-electron chi connectivity index (χ2n) is 6.88. The lowest BCUT2D eigenvalue weighted by molar-refractivity contribution is -0.115. The number of hydrogen-bond acceptors (Lipinski definition) is 2. The first-order valence-electron chi connectivity index (χ1n) is 9.30. The number of benzene rings is 3. The smallest absolute Gasteiger partial charge is 0.250 e. The number of carbonyl (C=O) groups excluding carboxylic acids is 1. The summed E-state index contributed by atoms with van der Waals surface area (Å²) in [5.74, 6) is -0.136. The van der Waals surface area contributed by atoms with E-state index in [0.29, 0.717) is 17.3 Å². The van der Waals surface area contributed by atoms with Crippen LogP contribution >= 0.6 is 11.6 Å². The first-order chi connectivity index (χ1) is 14.1. The van der Waals surface area contributed by atoms with Gasteiger partial charge in [-0.2, -0.15) is 0 Å². The third-order valence-corrected chi connectivity index (χ3v) is 5.11. The monoisotopic (exact) mass is 402 g/mol. The maximum Gasteiger partial charge on any atom is 0.250 e. The molecule has 0 aliphatic heterocycles. The molecule has 0 saturated carbocycles. The van der Waals surface area contributed by atoms with Gasteiger partial charge in [-0.1, -0.05) is 72.3 Å². The molecule has 5 heteroatoms. The second-order valence-corrected chi connectivity index (χ2v) is 7.29. The lowest BCUT2D eigenvalue weighted by atomic mass is 10.0. The number of pyridine rings is 1. The van der Waals surface area contributed by atoms with Crippen molar-refractivity contribution in [3.05, 3.63) is 112 Å². The molecule has 0 aliphatic rings. The number of nitrogens with zero attached hydrogens (tertiary/aromatic N) is 1. The number of anilines is 1. The summed E-state index contributed by atoms with van der Waals surface area (Å²) in [6.45, 7) is 0.340. The minimum Gasteiger partial charge on any atom is -0.324 e. The van der Waals surface area contributed by atoms with Crippen molar-refractivity contribution < 1.29 is 4.79 Å². The predicted molar refractivity (Wildman–Crippen MR) is 118 cm³/mol. The molecule has 0 spiro atoms. The van der Waals surface area contributed by atoms with Crippen LogP contribution in [0.5, 0.6) is 0 Å². The van der Waals surface area contributed by atoms with Gasteiger partial charge in [0.2, 0.25) is 5.91 Å². The molecule has 1 aromatic heterocycles. The summed E-state index contributed by atoms with van der Waals surface area (Å²) < 4.78 is 1.53. The van der Waals surface area contributed by atoms with E-state index in [0.717, 1.165) is 21.9 Å². The van der Waals surface area contributed by atoms with Crippen molar-refractivity contribution >= 4 is 34.0 Å². The Kier molecular flexibility index (Phi) is 5.45. The highest BCUT2D eigenvalue weighted by Gasteiger charge is 2.08. The summed E-state index contributed by atoms with van der Waals surface area (Å²) in [6, 6.07) is 24.5. The van der Waals surface area contributed by atoms with E-state index in [4.69, 9.17) is 11.6 Å². The van der Waals surface area contributed by atoms with Crippen LogP contribution in [0.3, 0.4) is 0 Å². The Morgan fingerprint density at radius 1 is 0.897 bits per heavy atom. The van der Waals surface area contributed by atoms with Crippen LogP contribution in [0.4, 0.5) is 5.69 Å². The molecular weight excluding hydrogens is 384 g/mol. The SMILES string of the molecule is O=C(Cc1ccc2ccccc2c1)Nc1ccc(=O)n(Cc2ccccc2Cl)c1. The van der Waals surface area contributed by atoms with E-state index in [2.05, 4.69) is 5.32 Å². The molecule has 0 aliphatic carbocycles. The van der Waals surface area contributed by atoms with E-state index in [1.165, 1.54) is 10.6 Å². The highest BCUT2D eigenvalue weighted by molar-refractivity contribution is 6.31. The molecule has 0 unspecified atom stereocenters. The van der Waals surface area contributed by atoms with Gasteiger partial charge >= 0.3 is 0 Å². The van der Waals surface area contributed by atoms with Crippen molar-refractivity contribution in [2.24, 2.45) is 0 Å². The van der Waals surface area contributed by atoms with E-state index < -0.39 is 0 Å². The van der Waals surface area contributed by atoms with Crippen LogP contribution in [-0.2, 0) is 17.8 Å². The normalized spacial score (nSPS) is 10.8. The van der Waals surface area contributed by atoms with Gasteiger partial charge in [0.15, 0.2) is 0 Å². The summed E-state index contributed by atoms with van der Waals surface area (Å²) >= 11 is 6.20. The van der Waals surface area contributed by atoms with Gasteiger partial charge in [-0.15, -0.1) is 0 Å². The lowest BCUT2D eigenvalue weighted by Gasteiger charge is -2.11. The molecule has 1 N–H and O–H groups in total. The first-order valence-corrected chi connectivity index (χ1v) is 9.68. The quantitative estimate of drug-likeness (QED) is 0.517. The summed E-state index contributed by atoms with van der Waals surface area (Å²) in [5, 5.41) is 5.72. The number of halogens is 1. The Bertz CT molecular complexity index is 1250. The van der Waals surface area contributed by atoms with Crippen LogP contribution in [0.1, 0.15) is 11.1 Å². The molecule has 0 saturated heterocycles. The Balaban J connectivity index is 1.49. The average molecular weight is 403 g/mol. The van der Waals surface area contributed by atoms with Crippen molar-refractivity contribution in [1.82, 2.24) is 4.57 Å². The fourth-order valence-corrected chi connectivity index (χ4v) is 3.47. The van der Waals surface area contributed by atoms with Gasteiger partial charge in [-0.3, -0.25) is 9.59 Å². The highest BCUT2D eigenvalue weighted by atomic mass is 35.5. The van der Waals surface area contributed by atoms with Crippen molar-refractivity contribution in [2.75, 3.05) is 5.32 Å². The minimum atomic E-state index is -0.155. The molecule has 3 aromatic carbocycles. The third-order valence-electron chi connectivity index (χ3n) is 4.74. The van der Waals surface area contributed by atoms with Crippen LogP contribution in [0, 0.1) is 0 Å². The zero-order chi connectivity index (χ0) is 20.2. The van der Waals surface area contributed by atoms with Crippen LogP contribution in [0.25, 0.3) is 10.8 Å². The molecule has 4 nitrogen and oxygen atoms in total. The lowest BCUT2D eigenvalue weighted by Crippen LogP contribution is -2.21. The molecule has 0 bridgehead atoms. The number of fused-ring (bicyclic) bond motifs is 1. The zero-order valence-electron chi connectivity index (χ0n) is 15.6. The number of rotatable bonds is 5. The molecule has 29 heavy (non-hydrogen) atoms. The molecule has 144 valence electrons. The van der Waals surface area contributed by atoms with Crippen LogP contribution in [0.2, 0.25) is 5.02 Å². The number of carbonyl (C=O) groups is 1. The van der Waals surface area contributed by atoms with Crippen molar-refractivity contribution in [2.45, 2.75) is 13.0 Å². The fraction of sp³-hybridized carbons (Fsp3) is 0.0833. The summed E-state index contributed by atoms with van der Waals surface area (Å²) in [6.07, 6.45) is 1.90. The van der Waals surface area contributed by atoms with E-state index >= 15 is 0 Å². The topological polar surface area (TPSA) is 51.1 Å². The summed E-state index contributed by atoms with van der Waals surface area (Å²) in [7, 11) is 0. The van der Waals surface area contributed by atoms with Crippen LogP contribution < -0.4 is 10.9 Å². The Labute approximate surface area is 173 Å². The Morgan fingerprint density at radius 2 is 1.66 bits per heavy atom. The van der Waals surface area contributed by atoms with Crippen molar-refractivity contribution in [1.29, 1.82) is 0 Å². The Hall–Kier alpha value is -3.37. The summed E-state index contributed by atoms with van der Waals surface area (Å²) in [5.41, 5.74) is 2.20. The van der Waals surface area contributed by atoms with Crippen LogP contribution in [0.15, 0.2) is 89.9 Å². The van der Waals surface area contributed by atoms with Gasteiger partial charge in [-0.05, 0) is 34.0 Å². The average Bonchev–Trinajstić information content (AvgIpc) is 2.72. The molecule has 4 rings (SSSR count). The van der Waals surface area contributed by atoms with E-state index in [1.54, 1.807) is 18.3 Å². The van der Waals surface area contributed by atoms with E-state index in [-0.39, 0.29) is 17.9 Å². The number of aromatic nitrogens is 1. The van der Waals surface area contributed by atoms with E-state index in [1.807, 2.05) is 60.7 Å². The molecule has 0 radical (unpaired) electrons. The van der Waals surface area contributed by atoms with Gasteiger partial charge in [0.1, 0.15) is 0 Å². The molecular formula is C24H19ClN2O2. The van der Waals surface area contributed by atoms with Gasteiger partial charge < -0.3 is 9.88 Å². The molecule has 0 atom stereocenters. The van der Waals surface area contributed by atoms with Crippen LogP contribution in [-0.4, -0.2) is 10.5 Å². The molecule has 0 fully saturated rings. The number of amides is 1. The van der Waals surface area contributed by atoms with E-state index in [9.17, 15) is 9.59 Å². The van der Waals surface area contributed by atoms with Crippen molar-refractivity contribution in [3.63, 3.8) is 0 Å². The first kappa shape index (κ1) is 19.0. The fourth-order valence-electron chi connectivity index (χ4n) is 3.28. The Morgan fingerprint density at radius 3 is 2.48 bits per heavy atom. The number of hydrogen-bond donors (Lipinski definition) is 1. The maximum absolute atomic E-state index is 12.5. The zero-order valence-corrected chi connectivity index (χ0v) is 16.4. The second kappa shape index (κ2) is 8.33. The maximum atomic E-state index is 12.5.